The molecular weight excluding hydrogens is 286 g/mol. The standard InChI is InChI=1S/C13H12ClNO5/c1-2-19-13(18)15-12-10(17)9(16)11(20-12)7-4-3-5-8(14)6-7/h3-6,16-17H,2H2,1H3,(H,15,18). The summed E-state index contributed by atoms with van der Waals surface area (Å²) in [6, 6.07) is 6.50. The second-order valence-corrected chi connectivity index (χ2v) is 4.25. The molecular formula is C13H12ClNO5. The average Bonchev–Trinajstić information content (AvgIpc) is 2.67. The average molecular weight is 298 g/mol. The molecule has 0 radical (unpaired) electrons. The lowest BCUT2D eigenvalue weighted by Crippen LogP contribution is -2.12. The summed E-state index contributed by atoms with van der Waals surface area (Å²) in [5, 5.41) is 22.2. The van der Waals surface area contributed by atoms with E-state index in [1.165, 1.54) is 0 Å². The Kier molecular flexibility index (Phi) is 4.05. The highest BCUT2D eigenvalue weighted by atomic mass is 35.5. The molecule has 0 unspecified atom stereocenters. The minimum absolute atomic E-state index is 0.00296. The van der Waals surface area contributed by atoms with Gasteiger partial charge in [0.1, 0.15) is 0 Å². The monoisotopic (exact) mass is 297 g/mol. The number of rotatable bonds is 3. The zero-order chi connectivity index (χ0) is 14.7. The normalized spacial score (nSPS) is 10.3. The summed E-state index contributed by atoms with van der Waals surface area (Å²) >= 11 is 5.84. The van der Waals surface area contributed by atoms with Gasteiger partial charge in [-0.3, -0.25) is 5.32 Å². The van der Waals surface area contributed by atoms with Gasteiger partial charge in [0, 0.05) is 10.6 Å². The molecule has 1 amide bonds. The number of halogens is 1. The Labute approximate surface area is 119 Å². The molecule has 6 nitrogen and oxygen atoms in total. The van der Waals surface area contributed by atoms with Crippen molar-refractivity contribution in [1.82, 2.24) is 0 Å². The fourth-order valence-electron chi connectivity index (χ4n) is 1.58. The summed E-state index contributed by atoms with van der Waals surface area (Å²) in [4.78, 5) is 11.3. The maximum absolute atomic E-state index is 11.3. The number of hydrogen-bond acceptors (Lipinski definition) is 5. The Morgan fingerprint density at radius 2 is 2.15 bits per heavy atom. The van der Waals surface area contributed by atoms with E-state index in [0.29, 0.717) is 10.6 Å². The first kappa shape index (κ1) is 14.1. The van der Waals surface area contributed by atoms with Gasteiger partial charge in [-0.1, -0.05) is 23.7 Å². The molecule has 0 spiro atoms. The molecule has 1 heterocycles. The number of carbonyl (C=O) groups excluding carboxylic acids is 1. The first-order valence-corrected chi connectivity index (χ1v) is 6.15. The highest BCUT2D eigenvalue weighted by molar-refractivity contribution is 6.30. The van der Waals surface area contributed by atoms with E-state index in [4.69, 9.17) is 16.0 Å². The van der Waals surface area contributed by atoms with Crippen LogP contribution >= 0.6 is 11.6 Å². The topological polar surface area (TPSA) is 91.9 Å². The summed E-state index contributed by atoms with van der Waals surface area (Å²) in [5.41, 5.74) is 0.460. The maximum Gasteiger partial charge on any atom is 0.414 e. The van der Waals surface area contributed by atoms with Crippen LogP contribution in [-0.4, -0.2) is 22.9 Å². The van der Waals surface area contributed by atoms with Crippen molar-refractivity contribution in [3.63, 3.8) is 0 Å². The van der Waals surface area contributed by atoms with Gasteiger partial charge in [0.05, 0.1) is 6.61 Å². The van der Waals surface area contributed by atoms with Gasteiger partial charge in [-0.05, 0) is 19.1 Å². The van der Waals surface area contributed by atoms with Gasteiger partial charge < -0.3 is 19.4 Å². The predicted molar refractivity (Wildman–Crippen MR) is 73.1 cm³/mol. The van der Waals surface area contributed by atoms with Crippen LogP contribution in [0, 0.1) is 0 Å². The third-order valence-electron chi connectivity index (χ3n) is 2.44. The van der Waals surface area contributed by atoms with Crippen molar-refractivity contribution >= 4 is 23.6 Å². The van der Waals surface area contributed by atoms with Gasteiger partial charge in [0.2, 0.25) is 17.4 Å². The van der Waals surface area contributed by atoms with Crippen molar-refractivity contribution in [2.45, 2.75) is 6.92 Å². The summed E-state index contributed by atoms with van der Waals surface area (Å²) in [5.74, 6) is -1.36. The number of hydrogen-bond donors (Lipinski definition) is 3. The lowest BCUT2D eigenvalue weighted by molar-refractivity contribution is 0.167. The molecule has 0 aliphatic rings. The molecule has 0 saturated heterocycles. The second kappa shape index (κ2) is 5.75. The third kappa shape index (κ3) is 2.80. The Balaban J connectivity index is 2.35. The van der Waals surface area contributed by atoms with Gasteiger partial charge in [0.25, 0.3) is 0 Å². The van der Waals surface area contributed by atoms with E-state index in [9.17, 15) is 15.0 Å². The van der Waals surface area contributed by atoms with Crippen LogP contribution in [0.25, 0.3) is 11.3 Å². The second-order valence-electron chi connectivity index (χ2n) is 3.81. The predicted octanol–water partition coefficient (Wildman–Crippen LogP) is 3.58. The van der Waals surface area contributed by atoms with Crippen molar-refractivity contribution in [2.24, 2.45) is 0 Å². The number of ether oxygens (including phenoxy) is 1. The molecule has 0 fully saturated rings. The van der Waals surface area contributed by atoms with Crippen molar-refractivity contribution < 1.29 is 24.2 Å². The number of carbonyl (C=O) groups is 1. The van der Waals surface area contributed by atoms with E-state index < -0.39 is 17.6 Å². The summed E-state index contributed by atoms with van der Waals surface area (Å²) in [7, 11) is 0. The molecule has 1 aromatic heterocycles. The van der Waals surface area contributed by atoms with E-state index in [0.717, 1.165) is 0 Å². The zero-order valence-electron chi connectivity index (χ0n) is 10.5. The molecule has 7 heteroatoms. The Morgan fingerprint density at radius 3 is 2.80 bits per heavy atom. The SMILES string of the molecule is CCOC(=O)Nc1oc(-c2cccc(Cl)c2)c(O)c1O. The number of nitrogens with one attached hydrogen (secondary N) is 1. The van der Waals surface area contributed by atoms with Gasteiger partial charge in [0.15, 0.2) is 5.76 Å². The quantitative estimate of drug-likeness (QED) is 0.805. The van der Waals surface area contributed by atoms with Gasteiger partial charge in [-0.25, -0.2) is 4.79 Å². The molecule has 1 aromatic carbocycles. The van der Waals surface area contributed by atoms with Crippen LogP contribution in [0.3, 0.4) is 0 Å². The number of furan rings is 1. The van der Waals surface area contributed by atoms with Crippen molar-refractivity contribution in [3.8, 4) is 22.8 Å². The highest BCUT2D eigenvalue weighted by Gasteiger charge is 2.22. The Morgan fingerprint density at radius 1 is 1.40 bits per heavy atom. The maximum atomic E-state index is 11.3. The highest BCUT2D eigenvalue weighted by Crippen LogP contribution is 2.45. The minimum Gasteiger partial charge on any atom is -0.502 e. The molecule has 20 heavy (non-hydrogen) atoms. The summed E-state index contributed by atoms with van der Waals surface area (Å²) < 4.78 is 9.88. The lowest BCUT2D eigenvalue weighted by atomic mass is 10.1. The van der Waals surface area contributed by atoms with E-state index in [1.54, 1.807) is 31.2 Å². The molecule has 3 N–H and O–H groups in total. The van der Waals surface area contributed by atoms with Crippen LogP contribution in [0.1, 0.15) is 6.92 Å². The number of anilines is 1. The van der Waals surface area contributed by atoms with Crippen LogP contribution in [0.2, 0.25) is 5.02 Å². The smallest absolute Gasteiger partial charge is 0.414 e. The van der Waals surface area contributed by atoms with Crippen molar-refractivity contribution in [3.05, 3.63) is 29.3 Å². The fourth-order valence-corrected chi connectivity index (χ4v) is 1.77. The van der Waals surface area contributed by atoms with Crippen LogP contribution in [-0.2, 0) is 4.74 Å². The van der Waals surface area contributed by atoms with Crippen LogP contribution < -0.4 is 5.32 Å². The molecule has 106 valence electrons. The molecule has 2 rings (SSSR count). The van der Waals surface area contributed by atoms with E-state index in [1.807, 2.05) is 0 Å². The van der Waals surface area contributed by atoms with Crippen LogP contribution in [0.5, 0.6) is 11.5 Å². The molecule has 2 aromatic rings. The molecule has 0 bridgehead atoms. The first-order chi connectivity index (χ1) is 9.52. The van der Waals surface area contributed by atoms with Gasteiger partial charge in [-0.15, -0.1) is 0 Å². The largest absolute Gasteiger partial charge is 0.502 e. The van der Waals surface area contributed by atoms with E-state index in [-0.39, 0.29) is 18.3 Å². The minimum atomic E-state index is -0.797. The summed E-state index contributed by atoms with van der Waals surface area (Å²) in [6.07, 6.45) is -0.797. The van der Waals surface area contributed by atoms with Gasteiger partial charge >= 0.3 is 6.09 Å². The van der Waals surface area contributed by atoms with Crippen LogP contribution in [0.4, 0.5) is 10.7 Å². The third-order valence-corrected chi connectivity index (χ3v) is 2.67. The van der Waals surface area contributed by atoms with E-state index in [2.05, 4.69) is 10.1 Å². The molecule has 0 atom stereocenters. The van der Waals surface area contributed by atoms with Crippen molar-refractivity contribution in [2.75, 3.05) is 11.9 Å². The molecule has 0 aliphatic heterocycles. The van der Waals surface area contributed by atoms with Gasteiger partial charge in [-0.2, -0.15) is 0 Å². The number of benzene rings is 1. The summed E-state index contributed by atoms with van der Waals surface area (Å²) in [6.45, 7) is 1.80. The number of aromatic hydroxyl groups is 2. The Hall–Kier alpha value is -2.34. The zero-order valence-corrected chi connectivity index (χ0v) is 11.3. The van der Waals surface area contributed by atoms with Crippen molar-refractivity contribution in [1.29, 1.82) is 0 Å². The molecule has 0 saturated carbocycles. The first-order valence-electron chi connectivity index (χ1n) is 5.77. The van der Waals surface area contributed by atoms with Crippen LogP contribution in [0.15, 0.2) is 28.7 Å². The fraction of sp³-hybridized carbons (Fsp3) is 0.154. The molecule has 0 aliphatic carbocycles. The number of amides is 1. The van der Waals surface area contributed by atoms with E-state index >= 15 is 0 Å². The lowest BCUT2D eigenvalue weighted by Gasteiger charge is -2.01. The Bertz CT molecular complexity index is 638.